The van der Waals surface area contributed by atoms with Gasteiger partial charge in [-0.15, -0.1) is 0 Å². The number of urea groups is 1. The maximum absolute atomic E-state index is 12.0. The van der Waals surface area contributed by atoms with Gasteiger partial charge in [-0.1, -0.05) is 11.6 Å². The van der Waals surface area contributed by atoms with Gasteiger partial charge in [0.1, 0.15) is 0 Å². The van der Waals surface area contributed by atoms with Crippen LogP contribution in [0.25, 0.3) is 0 Å². The van der Waals surface area contributed by atoms with Crippen LogP contribution in [0.4, 0.5) is 4.79 Å². The summed E-state index contributed by atoms with van der Waals surface area (Å²) in [6.45, 7) is 8.32. The van der Waals surface area contributed by atoms with E-state index in [0.29, 0.717) is 6.79 Å². The highest BCUT2D eigenvalue weighted by Gasteiger charge is 2.21. The lowest BCUT2D eigenvalue weighted by molar-refractivity contribution is 0.137. The molecule has 0 atom stereocenters. The lowest BCUT2D eigenvalue weighted by Gasteiger charge is -2.34. The second-order valence-electron chi connectivity index (χ2n) is 6.12. The highest BCUT2D eigenvalue weighted by Crippen LogP contribution is 2.32. The lowest BCUT2D eigenvalue weighted by Crippen LogP contribution is -2.50. The molecule has 124 valence electrons. The molecule has 3 rings (SSSR count). The molecule has 23 heavy (non-hydrogen) atoms. The Labute approximate surface area is 136 Å². The monoisotopic (exact) mass is 317 g/mol. The van der Waals surface area contributed by atoms with Crippen LogP contribution in [0.5, 0.6) is 11.5 Å². The number of ether oxygens (including phenoxy) is 2. The van der Waals surface area contributed by atoms with Crippen molar-refractivity contribution >= 4 is 6.03 Å². The summed E-state index contributed by atoms with van der Waals surface area (Å²) in [7, 11) is 0. The largest absolute Gasteiger partial charge is 0.454 e. The molecular weight excluding hydrogens is 294 g/mol. The van der Waals surface area contributed by atoms with Crippen LogP contribution in [0.15, 0.2) is 30.0 Å². The first kappa shape index (κ1) is 15.7. The molecule has 1 saturated heterocycles. The lowest BCUT2D eigenvalue weighted by atomic mass is 10.1. The Kier molecular flexibility index (Phi) is 4.71. The number of rotatable bonds is 3. The molecule has 1 aromatic rings. The van der Waals surface area contributed by atoms with Crippen molar-refractivity contribution in [1.82, 2.24) is 15.1 Å². The standard InChI is InChI=1S/C17H23N3O3/c1-13(2)10-18-17(21)20-7-5-19(6-8-20)11-14-3-4-15-16(9-14)23-12-22-15/h3-4,9-10H,5-8,11-12H2,1-2H3,(H,18,21). The molecule has 6 nitrogen and oxygen atoms in total. The van der Waals surface area contributed by atoms with Gasteiger partial charge in [0.15, 0.2) is 11.5 Å². The van der Waals surface area contributed by atoms with Gasteiger partial charge in [-0.05, 0) is 31.5 Å². The Morgan fingerprint density at radius 1 is 1.17 bits per heavy atom. The Morgan fingerprint density at radius 2 is 1.91 bits per heavy atom. The molecule has 0 saturated carbocycles. The zero-order valence-corrected chi connectivity index (χ0v) is 13.7. The van der Waals surface area contributed by atoms with Crippen LogP contribution in [0, 0.1) is 0 Å². The second kappa shape index (κ2) is 6.91. The van der Waals surface area contributed by atoms with Crippen molar-refractivity contribution in [2.24, 2.45) is 0 Å². The number of carbonyl (C=O) groups is 1. The van der Waals surface area contributed by atoms with Crippen LogP contribution in [0.3, 0.4) is 0 Å². The van der Waals surface area contributed by atoms with Gasteiger partial charge < -0.3 is 19.7 Å². The summed E-state index contributed by atoms with van der Waals surface area (Å²) in [5, 5.41) is 2.82. The zero-order valence-electron chi connectivity index (χ0n) is 13.7. The number of fused-ring (bicyclic) bond motifs is 1. The van der Waals surface area contributed by atoms with Crippen LogP contribution in [0.2, 0.25) is 0 Å². The molecule has 0 radical (unpaired) electrons. The molecule has 0 spiro atoms. The van der Waals surface area contributed by atoms with Gasteiger partial charge in [0.2, 0.25) is 6.79 Å². The van der Waals surface area contributed by atoms with Gasteiger partial charge in [0.25, 0.3) is 0 Å². The summed E-state index contributed by atoms with van der Waals surface area (Å²) in [6, 6.07) is 6.05. The number of hydrogen-bond acceptors (Lipinski definition) is 4. The molecule has 0 aliphatic carbocycles. The number of hydrogen-bond donors (Lipinski definition) is 1. The highest BCUT2D eigenvalue weighted by molar-refractivity contribution is 5.75. The van der Waals surface area contributed by atoms with Gasteiger partial charge in [0.05, 0.1) is 0 Å². The van der Waals surface area contributed by atoms with Crippen LogP contribution < -0.4 is 14.8 Å². The number of amides is 2. The maximum atomic E-state index is 12.0. The number of nitrogens with zero attached hydrogens (tertiary/aromatic N) is 2. The summed E-state index contributed by atoms with van der Waals surface area (Å²) in [5.74, 6) is 1.64. The zero-order chi connectivity index (χ0) is 16.2. The smallest absolute Gasteiger partial charge is 0.321 e. The Bertz CT molecular complexity index is 603. The molecular formula is C17H23N3O3. The minimum absolute atomic E-state index is 0.0195. The van der Waals surface area contributed by atoms with E-state index in [-0.39, 0.29) is 6.03 Å². The van der Waals surface area contributed by atoms with Crippen molar-refractivity contribution in [2.45, 2.75) is 20.4 Å². The van der Waals surface area contributed by atoms with Crippen molar-refractivity contribution in [3.05, 3.63) is 35.5 Å². The first-order chi connectivity index (χ1) is 11.1. The summed E-state index contributed by atoms with van der Waals surface area (Å²) >= 11 is 0. The molecule has 0 bridgehead atoms. The maximum Gasteiger partial charge on any atom is 0.321 e. The highest BCUT2D eigenvalue weighted by atomic mass is 16.7. The molecule has 0 unspecified atom stereocenters. The molecule has 2 heterocycles. The third kappa shape index (κ3) is 3.96. The van der Waals surface area contributed by atoms with E-state index in [9.17, 15) is 4.79 Å². The van der Waals surface area contributed by atoms with Gasteiger partial charge in [-0.3, -0.25) is 4.90 Å². The van der Waals surface area contributed by atoms with Crippen LogP contribution in [-0.4, -0.2) is 48.8 Å². The number of allylic oxidation sites excluding steroid dienone is 1. The van der Waals surface area contributed by atoms with Gasteiger partial charge >= 0.3 is 6.03 Å². The Balaban J connectivity index is 1.49. The molecule has 6 heteroatoms. The summed E-state index contributed by atoms with van der Waals surface area (Å²) < 4.78 is 10.7. The fraction of sp³-hybridized carbons (Fsp3) is 0.471. The quantitative estimate of drug-likeness (QED) is 0.928. The predicted octanol–water partition coefficient (Wildman–Crippen LogP) is 2.17. The van der Waals surface area contributed by atoms with E-state index < -0.39 is 0 Å². The van der Waals surface area contributed by atoms with Gasteiger partial charge in [-0.2, -0.15) is 0 Å². The third-order valence-corrected chi connectivity index (χ3v) is 3.99. The topological polar surface area (TPSA) is 54.0 Å². The molecule has 1 N–H and O–H groups in total. The number of carbonyl (C=O) groups excluding carboxylic acids is 1. The minimum atomic E-state index is -0.0195. The summed E-state index contributed by atoms with van der Waals surface area (Å²) in [4.78, 5) is 16.2. The molecule has 0 aromatic heterocycles. The first-order valence-electron chi connectivity index (χ1n) is 7.91. The molecule has 1 aromatic carbocycles. The summed E-state index contributed by atoms with van der Waals surface area (Å²) in [5.41, 5.74) is 2.29. The van der Waals surface area contributed by atoms with Crippen molar-refractivity contribution in [1.29, 1.82) is 0 Å². The third-order valence-electron chi connectivity index (χ3n) is 3.99. The van der Waals surface area contributed by atoms with Crippen LogP contribution >= 0.6 is 0 Å². The predicted molar refractivity (Wildman–Crippen MR) is 87.4 cm³/mol. The number of benzene rings is 1. The number of nitrogens with one attached hydrogen (secondary N) is 1. The van der Waals surface area contributed by atoms with E-state index >= 15 is 0 Å². The molecule has 2 amide bonds. The second-order valence-corrected chi connectivity index (χ2v) is 6.12. The van der Waals surface area contributed by atoms with Crippen molar-refractivity contribution in [3.63, 3.8) is 0 Å². The van der Waals surface area contributed by atoms with E-state index in [2.05, 4.69) is 16.3 Å². The molecule has 2 aliphatic heterocycles. The van der Waals surface area contributed by atoms with Gasteiger partial charge in [-0.25, -0.2) is 4.79 Å². The van der Waals surface area contributed by atoms with Crippen molar-refractivity contribution in [3.8, 4) is 11.5 Å². The van der Waals surface area contributed by atoms with Crippen LogP contribution in [0.1, 0.15) is 19.4 Å². The SMILES string of the molecule is CC(C)=CNC(=O)N1CCN(Cc2ccc3c(c2)OCO3)CC1. The van der Waals surface area contributed by atoms with Gasteiger partial charge in [0, 0.05) is 38.9 Å². The average molecular weight is 317 g/mol. The van der Waals surface area contributed by atoms with E-state index in [0.717, 1.165) is 49.8 Å². The first-order valence-corrected chi connectivity index (χ1v) is 7.91. The van der Waals surface area contributed by atoms with Crippen LogP contribution in [-0.2, 0) is 6.54 Å². The molecule has 2 aliphatic rings. The molecule has 1 fully saturated rings. The van der Waals surface area contributed by atoms with E-state index in [1.165, 1.54) is 5.56 Å². The van der Waals surface area contributed by atoms with E-state index in [1.54, 1.807) is 6.20 Å². The number of piperazine rings is 1. The normalized spacial score (nSPS) is 17.0. The fourth-order valence-corrected chi connectivity index (χ4v) is 2.70. The van der Waals surface area contributed by atoms with E-state index in [1.807, 2.05) is 30.9 Å². The Morgan fingerprint density at radius 3 is 2.65 bits per heavy atom. The minimum Gasteiger partial charge on any atom is -0.454 e. The van der Waals surface area contributed by atoms with E-state index in [4.69, 9.17) is 9.47 Å². The fourth-order valence-electron chi connectivity index (χ4n) is 2.70. The van der Waals surface area contributed by atoms with Crippen molar-refractivity contribution < 1.29 is 14.3 Å². The van der Waals surface area contributed by atoms with Crippen molar-refractivity contribution in [2.75, 3.05) is 33.0 Å². The average Bonchev–Trinajstić information content (AvgIpc) is 3.01. The summed E-state index contributed by atoms with van der Waals surface area (Å²) in [6.07, 6.45) is 1.75. The Hall–Kier alpha value is -2.21.